The summed E-state index contributed by atoms with van der Waals surface area (Å²) >= 11 is 0. The quantitative estimate of drug-likeness (QED) is 0.353. The number of rotatable bonds is 7. The first kappa shape index (κ1) is 21.5. The fraction of sp³-hybridized carbons (Fsp3) is 0.111. The zero-order chi connectivity index (χ0) is 23.7. The van der Waals surface area contributed by atoms with Gasteiger partial charge in [-0.25, -0.2) is 0 Å². The maximum atomic E-state index is 12.6. The van der Waals surface area contributed by atoms with Crippen molar-refractivity contribution in [3.05, 3.63) is 94.8 Å². The third-order valence-corrected chi connectivity index (χ3v) is 5.64. The fourth-order valence-corrected chi connectivity index (χ4v) is 4.06. The lowest BCUT2D eigenvalue weighted by Gasteiger charge is -2.15. The number of hydrogen-bond acceptors (Lipinski definition) is 6. The molecule has 170 valence electrons. The van der Waals surface area contributed by atoms with Crippen LogP contribution < -0.4 is 10.2 Å². The summed E-state index contributed by atoms with van der Waals surface area (Å²) in [6.07, 6.45) is 1.59. The van der Waals surface area contributed by atoms with Crippen LogP contribution in [0.15, 0.2) is 88.2 Å². The molecule has 7 heteroatoms. The molecule has 0 fully saturated rings. The zero-order valence-corrected chi connectivity index (χ0v) is 18.0. The molecule has 3 aromatic carbocycles. The summed E-state index contributed by atoms with van der Waals surface area (Å²) in [5, 5.41) is 21.8. The molecule has 0 saturated heterocycles. The summed E-state index contributed by atoms with van der Waals surface area (Å²) in [5.74, 6) is 0.367. The van der Waals surface area contributed by atoms with E-state index in [1.807, 2.05) is 54.6 Å². The van der Waals surface area contributed by atoms with Crippen LogP contribution in [0.1, 0.15) is 10.4 Å². The predicted molar refractivity (Wildman–Crippen MR) is 128 cm³/mol. The molecule has 2 aromatic heterocycles. The number of aromatic hydroxyl groups is 1. The predicted octanol–water partition coefficient (Wildman–Crippen LogP) is 4.37. The molecule has 34 heavy (non-hydrogen) atoms. The number of phenolic OH excluding ortho intramolecular Hbond substituents is 1. The third-order valence-electron chi connectivity index (χ3n) is 5.64. The second-order valence-electron chi connectivity index (χ2n) is 7.99. The normalized spacial score (nSPS) is 12.1. The van der Waals surface area contributed by atoms with Crippen molar-refractivity contribution in [1.82, 2.24) is 4.57 Å². The number of aldehydes is 1. The molecule has 0 unspecified atom stereocenters. The molecule has 0 radical (unpaired) electrons. The van der Waals surface area contributed by atoms with E-state index in [1.54, 1.807) is 10.8 Å². The van der Waals surface area contributed by atoms with Crippen molar-refractivity contribution in [2.75, 3.05) is 6.61 Å². The largest absolute Gasteiger partial charge is 0.507 e. The molecular formula is C27H21NO6. The van der Waals surface area contributed by atoms with Crippen LogP contribution in [-0.4, -0.2) is 33.8 Å². The molecule has 0 aliphatic heterocycles. The number of fused-ring (bicyclic) bond motifs is 2. The van der Waals surface area contributed by atoms with Crippen LogP contribution >= 0.6 is 0 Å². The molecule has 1 atom stereocenters. The molecule has 2 N–H and O–H groups in total. The standard InChI is InChI=1S/C27H21NO6/c29-15-18-13-28(22-9-5-4-8-21(18)22)14-19(30)16-33-20-10-23(31)27-24(32)12-25(34-26(27)11-20)17-6-2-1-3-7-17/h1-13,15,19,30-31H,14,16H2/t19-/m0/s1. The lowest BCUT2D eigenvalue weighted by molar-refractivity contribution is 0.0933. The number of ether oxygens (including phenoxy) is 1. The first-order valence-corrected chi connectivity index (χ1v) is 10.7. The van der Waals surface area contributed by atoms with E-state index < -0.39 is 6.10 Å². The summed E-state index contributed by atoms with van der Waals surface area (Å²) < 4.78 is 13.4. The van der Waals surface area contributed by atoms with Gasteiger partial charge in [-0.3, -0.25) is 9.59 Å². The van der Waals surface area contributed by atoms with Crippen molar-refractivity contribution in [3.8, 4) is 22.8 Å². The number of aromatic nitrogens is 1. The number of benzene rings is 3. The van der Waals surface area contributed by atoms with Crippen molar-refractivity contribution >= 4 is 28.2 Å². The minimum absolute atomic E-state index is 0.0628. The van der Waals surface area contributed by atoms with E-state index in [2.05, 4.69) is 0 Å². The number of hydrogen-bond donors (Lipinski definition) is 2. The average Bonchev–Trinajstić information content (AvgIpc) is 3.20. The SMILES string of the molecule is O=Cc1cn(C[C@H](O)COc2cc(O)c3c(=O)cc(-c4ccccc4)oc3c2)c2ccccc12. The smallest absolute Gasteiger partial charge is 0.197 e. The van der Waals surface area contributed by atoms with Crippen molar-refractivity contribution < 1.29 is 24.2 Å². The van der Waals surface area contributed by atoms with Crippen LogP contribution in [0, 0.1) is 0 Å². The first-order valence-electron chi connectivity index (χ1n) is 10.7. The monoisotopic (exact) mass is 455 g/mol. The molecular weight excluding hydrogens is 434 g/mol. The van der Waals surface area contributed by atoms with Gasteiger partial charge in [-0.1, -0.05) is 48.5 Å². The summed E-state index contributed by atoms with van der Waals surface area (Å²) in [6.45, 7) is 0.137. The molecule has 0 aliphatic carbocycles. The summed E-state index contributed by atoms with van der Waals surface area (Å²) in [5.41, 5.74) is 1.93. The Morgan fingerprint density at radius 3 is 2.59 bits per heavy atom. The zero-order valence-electron chi connectivity index (χ0n) is 18.0. The highest BCUT2D eigenvalue weighted by Crippen LogP contribution is 2.31. The highest BCUT2D eigenvalue weighted by molar-refractivity contribution is 5.97. The Bertz CT molecular complexity index is 1550. The minimum Gasteiger partial charge on any atom is -0.507 e. The van der Waals surface area contributed by atoms with E-state index in [0.29, 0.717) is 11.3 Å². The topological polar surface area (TPSA) is 102 Å². The van der Waals surface area contributed by atoms with E-state index >= 15 is 0 Å². The minimum atomic E-state index is -0.893. The van der Waals surface area contributed by atoms with Gasteiger partial charge in [0.05, 0.1) is 6.54 Å². The Morgan fingerprint density at radius 1 is 1.03 bits per heavy atom. The molecule has 0 saturated carbocycles. The lowest BCUT2D eigenvalue weighted by Crippen LogP contribution is -2.23. The number of carbonyl (C=O) groups excluding carboxylic acids is 1. The van der Waals surface area contributed by atoms with E-state index in [1.165, 1.54) is 18.2 Å². The van der Waals surface area contributed by atoms with Crippen LogP contribution in [-0.2, 0) is 6.54 Å². The molecule has 0 aliphatic rings. The number of nitrogens with zero attached hydrogens (tertiary/aromatic N) is 1. The van der Waals surface area contributed by atoms with Gasteiger partial charge in [0.2, 0.25) is 0 Å². The summed E-state index contributed by atoms with van der Waals surface area (Å²) in [7, 11) is 0. The van der Waals surface area contributed by atoms with Gasteiger partial charge in [-0.15, -0.1) is 0 Å². The molecule has 5 aromatic rings. The average molecular weight is 455 g/mol. The Balaban J connectivity index is 1.38. The molecule has 7 nitrogen and oxygen atoms in total. The molecule has 0 bridgehead atoms. The lowest BCUT2D eigenvalue weighted by atomic mass is 10.1. The third kappa shape index (κ3) is 4.04. The molecule has 2 heterocycles. The van der Waals surface area contributed by atoms with E-state index in [9.17, 15) is 19.8 Å². The Morgan fingerprint density at radius 2 is 1.79 bits per heavy atom. The van der Waals surface area contributed by atoms with Gasteiger partial charge in [0, 0.05) is 46.4 Å². The van der Waals surface area contributed by atoms with Crippen molar-refractivity contribution in [1.29, 1.82) is 0 Å². The highest BCUT2D eigenvalue weighted by atomic mass is 16.5. The van der Waals surface area contributed by atoms with Gasteiger partial charge in [0.1, 0.15) is 40.9 Å². The van der Waals surface area contributed by atoms with Crippen molar-refractivity contribution in [3.63, 3.8) is 0 Å². The summed E-state index contributed by atoms with van der Waals surface area (Å²) in [6, 6.07) is 20.8. The second kappa shape index (κ2) is 8.88. The van der Waals surface area contributed by atoms with Crippen molar-refractivity contribution in [2.24, 2.45) is 0 Å². The Hall–Kier alpha value is -4.36. The van der Waals surface area contributed by atoms with Crippen LogP contribution in [0.25, 0.3) is 33.2 Å². The van der Waals surface area contributed by atoms with Gasteiger partial charge < -0.3 is 23.9 Å². The Kier molecular flexibility index (Phi) is 5.61. The fourth-order valence-electron chi connectivity index (χ4n) is 4.06. The number of aliphatic hydroxyl groups excluding tert-OH is 1. The Labute approximate surface area is 194 Å². The van der Waals surface area contributed by atoms with Gasteiger partial charge >= 0.3 is 0 Å². The second-order valence-corrected chi connectivity index (χ2v) is 7.99. The van der Waals surface area contributed by atoms with Crippen LogP contribution in [0.5, 0.6) is 11.5 Å². The first-order chi connectivity index (χ1) is 16.5. The van der Waals surface area contributed by atoms with Gasteiger partial charge in [-0.2, -0.15) is 0 Å². The molecule has 0 spiro atoms. The maximum Gasteiger partial charge on any atom is 0.197 e. The molecule has 0 amide bonds. The molecule has 5 rings (SSSR count). The van der Waals surface area contributed by atoms with E-state index in [0.717, 1.165) is 22.8 Å². The number of carbonyl (C=O) groups is 1. The van der Waals surface area contributed by atoms with E-state index in [4.69, 9.17) is 9.15 Å². The maximum absolute atomic E-state index is 12.6. The van der Waals surface area contributed by atoms with Crippen LogP contribution in [0.3, 0.4) is 0 Å². The highest BCUT2D eigenvalue weighted by Gasteiger charge is 2.15. The number of phenols is 1. The van der Waals surface area contributed by atoms with Crippen LogP contribution in [0.4, 0.5) is 0 Å². The van der Waals surface area contributed by atoms with Gasteiger partial charge in [-0.05, 0) is 6.07 Å². The van der Waals surface area contributed by atoms with Crippen molar-refractivity contribution in [2.45, 2.75) is 12.6 Å². The van der Waals surface area contributed by atoms with Gasteiger partial charge in [0.15, 0.2) is 11.7 Å². The number of para-hydroxylation sites is 1. The summed E-state index contributed by atoms with van der Waals surface area (Å²) in [4.78, 5) is 23.9. The van der Waals surface area contributed by atoms with Gasteiger partial charge in [0.25, 0.3) is 0 Å². The van der Waals surface area contributed by atoms with Crippen LogP contribution in [0.2, 0.25) is 0 Å². The number of aliphatic hydroxyl groups is 1. The van der Waals surface area contributed by atoms with E-state index in [-0.39, 0.29) is 41.0 Å².